The fourth-order valence-corrected chi connectivity index (χ4v) is 0.492. The molecule has 3 nitrogen and oxygen atoms in total. The SMILES string of the molecule is C=C(C)CO.OCc1ccccn1. The molecule has 2 N–H and O–H groups in total. The third kappa shape index (κ3) is 7.18. The van der Waals surface area contributed by atoms with Gasteiger partial charge in [-0.3, -0.25) is 4.98 Å². The van der Waals surface area contributed by atoms with Crippen LogP contribution in [0.2, 0.25) is 0 Å². The van der Waals surface area contributed by atoms with Crippen LogP contribution in [0.5, 0.6) is 0 Å². The standard InChI is InChI=1S/C6H7NO.C4H8O/c8-5-6-3-1-2-4-7-6;1-4(2)3-5/h1-4,8H,5H2;5H,1,3H2,2H3. The van der Waals surface area contributed by atoms with E-state index in [0.29, 0.717) is 5.69 Å². The Labute approximate surface area is 78.4 Å². The average molecular weight is 181 g/mol. The lowest BCUT2D eigenvalue weighted by Gasteiger charge is -1.88. The molecule has 0 atom stereocenters. The molecule has 3 heteroatoms. The van der Waals surface area contributed by atoms with Crippen molar-refractivity contribution in [3.05, 3.63) is 42.2 Å². The molecular weight excluding hydrogens is 166 g/mol. The van der Waals surface area contributed by atoms with E-state index in [4.69, 9.17) is 10.2 Å². The number of pyridine rings is 1. The predicted molar refractivity (Wildman–Crippen MR) is 52.1 cm³/mol. The second-order valence-corrected chi connectivity index (χ2v) is 2.59. The summed E-state index contributed by atoms with van der Waals surface area (Å²) in [5.41, 5.74) is 1.53. The summed E-state index contributed by atoms with van der Waals surface area (Å²) in [4.78, 5) is 3.85. The fourth-order valence-electron chi connectivity index (χ4n) is 0.492. The summed E-state index contributed by atoms with van der Waals surface area (Å²) in [7, 11) is 0. The zero-order valence-corrected chi connectivity index (χ0v) is 7.77. The Kier molecular flexibility index (Phi) is 6.78. The molecule has 0 spiro atoms. The van der Waals surface area contributed by atoms with E-state index < -0.39 is 0 Å². The van der Waals surface area contributed by atoms with Gasteiger partial charge < -0.3 is 10.2 Å². The Morgan fingerprint density at radius 1 is 1.46 bits per heavy atom. The van der Waals surface area contributed by atoms with Gasteiger partial charge in [-0.05, 0) is 19.1 Å². The lowest BCUT2D eigenvalue weighted by molar-refractivity contribution is 0.277. The summed E-state index contributed by atoms with van der Waals surface area (Å²) in [5.74, 6) is 0. The van der Waals surface area contributed by atoms with Gasteiger partial charge in [0.1, 0.15) is 0 Å². The second-order valence-electron chi connectivity index (χ2n) is 2.59. The number of nitrogens with zero attached hydrogens (tertiary/aromatic N) is 1. The molecule has 0 bridgehead atoms. The van der Waals surface area contributed by atoms with Crippen molar-refractivity contribution in [2.24, 2.45) is 0 Å². The van der Waals surface area contributed by atoms with Gasteiger partial charge in [0, 0.05) is 6.20 Å². The van der Waals surface area contributed by atoms with Crippen LogP contribution in [0.1, 0.15) is 12.6 Å². The molecule has 0 unspecified atom stereocenters. The van der Waals surface area contributed by atoms with Crippen LogP contribution >= 0.6 is 0 Å². The largest absolute Gasteiger partial charge is 0.392 e. The maximum Gasteiger partial charge on any atom is 0.0852 e. The number of aliphatic hydroxyl groups is 2. The smallest absolute Gasteiger partial charge is 0.0852 e. The maximum atomic E-state index is 8.48. The first kappa shape index (κ1) is 11.8. The third-order valence-electron chi connectivity index (χ3n) is 1.16. The van der Waals surface area contributed by atoms with Gasteiger partial charge in [0.05, 0.1) is 18.9 Å². The number of aliphatic hydroxyl groups excluding tert-OH is 2. The highest BCUT2D eigenvalue weighted by molar-refractivity contribution is 5.01. The van der Waals surface area contributed by atoms with Crippen molar-refractivity contribution < 1.29 is 10.2 Å². The Balaban J connectivity index is 0.000000252. The molecule has 0 aliphatic heterocycles. The van der Waals surface area contributed by atoms with Gasteiger partial charge in [0.15, 0.2) is 0 Å². The fraction of sp³-hybridized carbons (Fsp3) is 0.300. The summed E-state index contributed by atoms with van der Waals surface area (Å²) in [6, 6.07) is 5.44. The van der Waals surface area contributed by atoms with E-state index in [1.165, 1.54) is 0 Å². The Morgan fingerprint density at radius 2 is 2.08 bits per heavy atom. The molecule has 0 amide bonds. The second kappa shape index (κ2) is 7.46. The summed E-state index contributed by atoms with van der Waals surface area (Å²) in [6.45, 7) is 5.34. The van der Waals surface area contributed by atoms with E-state index in [9.17, 15) is 0 Å². The van der Waals surface area contributed by atoms with Gasteiger partial charge >= 0.3 is 0 Å². The molecule has 1 aromatic heterocycles. The highest BCUT2D eigenvalue weighted by Crippen LogP contribution is 1.89. The van der Waals surface area contributed by atoms with Gasteiger partial charge in [-0.15, -0.1) is 0 Å². The molecule has 1 heterocycles. The van der Waals surface area contributed by atoms with Crippen LogP contribution in [0.4, 0.5) is 0 Å². The lowest BCUT2D eigenvalue weighted by Crippen LogP contribution is -1.84. The van der Waals surface area contributed by atoms with Gasteiger partial charge in [-0.1, -0.05) is 18.2 Å². The van der Waals surface area contributed by atoms with Gasteiger partial charge in [-0.25, -0.2) is 0 Å². The molecule has 1 rings (SSSR count). The summed E-state index contributed by atoms with van der Waals surface area (Å²) in [5, 5.41) is 16.5. The van der Waals surface area contributed by atoms with Crippen LogP contribution in [0.3, 0.4) is 0 Å². The van der Waals surface area contributed by atoms with Crippen molar-refractivity contribution >= 4 is 0 Å². The molecule has 0 aliphatic carbocycles. The normalized spacial score (nSPS) is 8.54. The third-order valence-corrected chi connectivity index (χ3v) is 1.16. The number of hydrogen-bond acceptors (Lipinski definition) is 3. The Hall–Kier alpha value is -1.19. The monoisotopic (exact) mass is 181 g/mol. The Morgan fingerprint density at radius 3 is 2.31 bits per heavy atom. The van der Waals surface area contributed by atoms with E-state index in [2.05, 4.69) is 11.6 Å². The van der Waals surface area contributed by atoms with Crippen LogP contribution in [0, 0.1) is 0 Å². The van der Waals surface area contributed by atoms with Crippen LogP contribution in [-0.4, -0.2) is 21.8 Å². The van der Waals surface area contributed by atoms with Gasteiger partial charge in [0.2, 0.25) is 0 Å². The van der Waals surface area contributed by atoms with Crippen LogP contribution in [0.15, 0.2) is 36.5 Å². The van der Waals surface area contributed by atoms with Crippen molar-refractivity contribution in [1.82, 2.24) is 4.98 Å². The lowest BCUT2D eigenvalue weighted by atomic mass is 10.4. The molecule has 72 valence electrons. The number of rotatable bonds is 2. The Bertz CT molecular complexity index is 234. The highest BCUT2D eigenvalue weighted by atomic mass is 16.3. The molecule has 0 fully saturated rings. The van der Waals surface area contributed by atoms with Gasteiger partial charge in [0.25, 0.3) is 0 Å². The average Bonchev–Trinajstić information content (AvgIpc) is 2.20. The van der Waals surface area contributed by atoms with Crippen molar-refractivity contribution in [3.63, 3.8) is 0 Å². The molecule has 1 aromatic rings. The molecule has 0 aromatic carbocycles. The zero-order chi connectivity index (χ0) is 10.1. The minimum absolute atomic E-state index is 0.0286. The van der Waals surface area contributed by atoms with Gasteiger partial charge in [-0.2, -0.15) is 0 Å². The number of aromatic nitrogens is 1. The summed E-state index contributed by atoms with van der Waals surface area (Å²) in [6.07, 6.45) is 1.66. The molecular formula is C10H15NO2. The minimum atomic E-state index is 0.0286. The first-order chi connectivity index (χ1) is 6.20. The zero-order valence-electron chi connectivity index (χ0n) is 7.77. The van der Waals surface area contributed by atoms with Crippen LogP contribution in [0.25, 0.3) is 0 Å². The molecule has 0 radical (unpaired) electrons. The minimum Gasteiger partial charge on any atom is -0.392 e. The maximum absolute atomic E-state index is 8.48. The van der Waals surface area contributed by atoms with Crippen LogP contribution < -0.4 is 0 Å². The molecule has 13 heavy (non-hydrogen) atoms. The highest BCUT2D eigenvalue weighted by Gasteiger charge is 1.82. The first-order valence-electron chi connectivity index (χ1n) is 3.96. The van der Waals surface area contributed by atoms with Crippen molar-refractivity contribution in [3.8, 4) is 0 Å². The predicted octanol–water partition coefficient (Wildman–Crippen LogP) is 1.13. The summed E-state index contributed by atoms with van der Waals surface area (Å²) >= 11 is 0. The van der Waals surface area contributed by atoms with Crippen molar-refractivity contribution in [2.45, 2.75) is 13.5 Å². The van der Waals surface area contributed by atoms with E-state index >= 15 is 0 Å². The van der Waals surface area contributed by atoms with E-state index in [0.717, 1.165) is 5.57 Å². The topological polar surface area (TPSA) is 53.4 Å². The van der Waals surface area contributed by atoms with Crippen molar-refractivity contribution in [2.75, 3.05) is 6.61 Å². The first-order valence-corrected chi connectivity index (χ1v) is 3.96. The van der Waals surface area contributed by atoms with E-state index in [-0.39, 0.29) is 13.2 Å². The molecule has 0 aliphatic rings. The quantitative estimate of drug-likeness (QED) is 0.672. The molecule has 0 saturated carbocycles. The number of hydrogen-bond donors (Lipinski definition) is 2. The van der Waals surface area contributed by atoms with E-state index in [1.807, 2.05) is 12.1 Å². The van der Waals surface area contributed by atoms with E-state index in [1.54, 1.807) is 19.2 Å². The van der Waals surface area contributed by atoms with Crippen LogP contribution in [-0.2, 0) is 6.61 Å². The van der Waals surface area contributed by atoms with Crippen molar-refractivity contribution in [1.29, 1.82) is 0 Å². The molecule has 0 saturated heterocycles. The summed E-state index contributed by atoms with van der Waals surface area (Å²) < 4.78 is 0.